The largest absolute Gasteiger partial charge is 0.329 e. The van der Waals surface area contributed by atoms with E-state index in [0.717, 1.165) is 6.42 Å². The Morgan fingerprint density at radius 2 is 2.07 bits per heavy atom. The van der Waals surface area contributed by atoms with E-state index in [-0.39, 0.29) is 24.2 Å². The van der Waals surface area contributed by atoms with Crippen LogP contribution < -0.4 is 10.5 Å². The topological polar surface area (TPSA) is 72.2 Å². The lowest BCUT2D eigenvalue weighted by Crippen LogP contribution is -2.39. The van der Waals surface area contributed by atoms with Crippen molar-refractivity contribution in [3.05, 3.63) is 0 Å². The Bertz CT molecular complexity index is 265. The molecule has 15 heavy (non-hydrogen) atoms. The lowest BCUT2D eigenvalue weighted by Gasteiger charge is -2.25. The van der Waals surface area contributed by atoms with E-state index in [4.69, 9.17) is 5.73 Å². The lowest BCUT2D eigenvalue weighted by atomic mass is 9.84. The van der Waals surface area contributed by atoms with Crippen LogP contribution in [0.2, 0.25) is 0 Å². The van der Waals surface area contributed by atoms with E-state index in [1.165, 1.54) is 19.3 Å². The standard InChI is InChI=1S/C9H20N2O2S.ClH/c1-8(7-10)11-14(12,13)6-5-9-3-2-4-9;/h8-9,11H,2-7,10H2,1H3;1H/t8-;/m1./s1. The van der Waals surface area contributed by atoms with Crippen molar-refractivity contribution in [1.82, 2.24) is 4.72 Å². The molecule has 0 saturated heterocycles. The third kappa shape index (κ3) is 5.70. The number of sulfonamides is 1. The minimum atomic E-state index is -3.09. The maximum absolute atomic E-state index is 11.5. The van der Waals surface area contributed by atoms with E-state index in [0.29, 0.717) is 12.5 Å². The second-order valence-corrected chi connectivity index (χ2v) is 6.03. The second-order valence-electron chi connectivity index (χ2n) is 4.16. The van der Waals surface area contributed by atoms with Gasteiger partial charge in [0.25, 0.3) is 0 Å². The molecular weight excluding hydrogens is 236 g/mol. The first-order valence-corrected chi connectivity index (χ1v) is 6.89. The van der Waals surface area contributed by atoms with Gasteiger partial charge in [0.2, 0.25) is 10.0 Å². The molecule has 1 rings (SSSR count). The number of hydrogen-bond acceptors (Lipinski definition) is 3. The summed E-state index contributed by atoms with van der Waals surface area (Å²) in [5.41, 5.74) is 5.35. The van der Waals surface area contributed by atoms with Gasteiger partial charge >= 0.3 is 0 Å². The van der Waals surface area contributed by atoms with E-state index in [2.05, 4.69) is 4.72 Å². The van der Waals surface area contributed by atoms with Crippen LogP contribution in [0, 0.1) is 5.92 Å². The van der Waals surface area contributed by atoms with Crippen molar-refractivity contribution in [2.45, 2.75) is 38.6 Å². The summed E-state index contributed by atoms with van der Waals surface area (Å²) in [6.07, 6.45) is 4.45. The smallest absolute Gasteiger partial charge is 0.211 e. The number of nitrogens with one attached hydrogen (secondary N) is 1. The minimum absolute atomic E-state index is 0. The van der Waals surface area contributed by atoms with Crippen LogP contribution in [-0.2, 0) is 10.0 Å². The predicted molar refractivity (Wildman–Crippen MR) is 64.6 cm³/mol. The third-order valence-corrected chi connectivity index (χ3v) is 4.29. The molecule has 0 spiro atoms. The van der Waals surface area contributed by atoms with Crippen LogP contribution in [-0.4, -0.2) is 26.8 Å². The number of hydrogen-bond donors (Lipinski definition) is 2. The van der Waals surface area contributed by atoms with Gasteiger partial charge in [-0.2, -0.15) is 0 Å². The molecule has 0 amide bonds. The Hall–Kier alpha value is 0.160. The Labute approximate surface area is 98.5 Å². The van der Waals surface area contributed by atoms with Gasteiger partial charge in [-0.25, -0.2) is 13.1 Å². The Balaban J connectivity index is 0.00000196. The quantitative estimate of drug-likeness (QED) is 0.741. The molecule has 0 aromatic rings. The van der Waals surface area contributed by atoms with Crippen LogP contribution >= 0.6 is 12.4 Å². The first-order valence-electron chi connectivity index (χ1n) is 5.23. The lowest BCUT2D eigenvalue weighted by molar-refractivity contribution is 0.307. The van der Waals surface area contributed by atoms with E-state index >= 15 is 0 Å². The van der Waals surface area contributed by atoms with Crippen LogP contribution in [0.4, 0.5) is 0 Å². The van der Waals surface area contributed by atoms with Crippen LogP contribution in [0.25, 0.3) is 0 Å². The summed E-state index contributed by atoms with van der Waals surface area (Å²) in [4.78, 5) is 0. The van der Waals surface area contributed by atoms with E-state index < -0.39 is 10.0 Å². The van der Waals surface area contributed by atoms with Gasteiger partial charge in [-0.3, -0.25) is 0 Å². The fraction of sp³-hybridized carbons (Fsp3) is 1.00. The molecule has 0 unspecified atom stereocenters. The molecule has 92 valence electrons. The first-order chi connectivity index (χ1) is 6.53. The summed E-state index contributed by atoms with van der Waals surface area (Å²) in [7, 11) is -3.09. The number of rotatable bonds is 6. The maximum atomic E-state index is 11.5. The number of nitrogens with two attached hydrogens (primary N) is 1. The molecule has 0 heterocycles. The number of halogens is 1. The molecule has 0 radical (unpaired) electrons. The van der Waals surface area contributed by atoms with Gasteiger partial charge in [-0.05, 0) is 19.3 Å². The molecule has 1 aliphatic rings. The van der Waals surface area contributed by atoms with Gasteiger partial charge in [-0.15, -0.1) is 12.4 Å². The first kappa shape index (κ1) is 15.2. The fourth-order valence-corrected chi connectivity index (χ4v) is 2.99. The highest BCUT2D eigenvalue weighted by Gasteiger charge is 2.21. The normalized spacial score (nSPS) is 19.1. The fourth-order valence-electron chi connectivity index (χ4n) is 1.52. The van der Waals surface area contributed by atoms with Crippen molar-refractivity contribution in [2.75, 3.05) is 12.3 Å². The summed E-state index contributed by atoms with van der Waals surface area (Å²) in [6, 6.07) is -0.151. The highest BCUT2D eigenvalue weighted by molar-refractivity contribution is 7.89. The van der Waals surface area contributed by atoms with Crippen molar-refractivity contribution in [1.29, 1.82) is 0 Å². The highest BCUT2D eigenvalue weighted by Crippen LogP contribution is 2.29. The van der Waals surface area contributed by atoms with Crippen LogP contribution in [0.3, 0.4) is 0 Å². The highest BCUT2D eigenvalue weighted by atomic mass is 35.5. The summed E-state index contributed by atoms with van der Waals surface area (Å²) in [5, 5.41) is 0. The van der Waals surface area contributed by atoms with Gasteiger partial charge < -0.3 is 5.73 Å². The zero-order valence-corrected chi connectivity index (χ0v) is 10.7. The van der Waals surface area contributed by atoms with Gasteiger partial charge in [0.05, 0.1) is 5.75 Å². The molecule has 1 atom stereocenters. The van der Waals surface area contributed by atoms with Crippen molar-refractivity contribution in [2.24, 2.45) is 11.7 Å². The van der Waals surface area contributed by atoms with Crippen molar-refractivity contribution in [3.8, 4) is 0 Å². The van der Waals surface area contributed by atoms with Crippen molar-refractivity contribution >= 4 is 22.4 Å². The van der Waals surface area contributed by atoms with Gasteiger partial charge in [0.15, 0.2) is 0 Å². The summed E-state index contributed by atoms with van der Waals surface area (Å²) in [5.74, 6) is 0.891. The molecule has 1 aliphatic carbocycles. The molecule has 0 aromatic carbocycles. The molecule has 1 fully saturated rings. The van der Waals surface area contributed by atoms with Gasteiger partial charge in [0.1, 0.15) is 0 Å². The van der Waals surface area contributed by atoms with Crippen LogP contribution in [0.15, 0.2) is 0 Å². The molecule has 3 N–H and O–H groups in total. The zero-order valence-electron chi connectivity index (χ0n) is 9.11. The summed E-state index contributed by atoms with van der Waals surface area (Å²) in [6.45, 7) is 2.13. The SMILES string of the molecule is C[C@H](CN)NS(=O)(=O)CCC1CCC1.Cl. The molecule has 6 heteroatoms. The maximum Gasteiger partial charge on any atom is 0.211 e. The Morgan fingerprint density at radius 3 is 2.47 bits per heavy atom. The second kappa shape index (κ2) is 6.68. The van der Waals surface area contributed by atoms with Crippen LogP contribution in [0.1, 0.15) is 32.6 Å². The average molecular weight is 257 g/mol. The van der Waals surface area contributed by atoms with E-state index in [9.17, 15) is 8.42 Å². The van der Waals surface area contributed by atoms with Gasteiger partial charge in [0, 0.05) is 12.6 Å². The molecular formula is C9H21ClN2O2S. The monoisotopic (exact) mass is 256 g/mol. The molecule has 0 aliphatic heterocycles. The zero-order chi connectivity index (χ0) is 10.6. The molecule has 1 saturated carbocycles. The molecule has 0 aromatic heterocycles. The molecule has 4 nitrogen and oxygen atoms in total. The molecule has 0 bridgehead atoms. The van der Waals surface area contributed by atoms with Crippen molar-refractivity contribution in [3.63, 3.8) is 0 Å². The summed E-state index contributed by atoms with van der Waals surface area (Å²) >= 11 is 0. The Morgan fingerprint density at radius 1 is 1.47 bits per heavy atom. The van der Waals surface area contributed by atoms with E-state index in [1.54, 1.807) is 6.92 Å². The van der Waals surface area contributed by atoms with Crippen LogP contribution in [0.5, 0.6) is 0 Å². The van der Waals surface area contributed by atoms with Gasteiger partial charge in [-0.1, -0.05) is 19.3 Å². The van der Waals surface area contributed by atoms with Crippen molar-refractivity contribution < 1.29 is 8.42 Å². The summed E-state index contributed by atoms with van der Waals surface area (Å²) < 4.78 is 25.5. The minimum Gasteiger partial charge on any atom is -0.329 e. The average Bonchev–Trinajstić information content (AvgIpc) is 2.00. The van der Waals surface area contributed by atoms with E-state index in [1.807, 2.05) is 0 Å². The third-order valence-electron chi connectivity index (χ3n) is 2.75. The predicted octanol–water partition coefficient (Wildman–Crippen LogP) is 0.865. The Kier molecular flexibility index (Phi) is 6.75.